The zero-order chi connectivity index (χ0) is 14.9. The van der Waals surface area contributed by atoms with E-state index in [0.717, 1.165) is 0 Å². The first kappa shape index (κ1) is 15.7. The van der Waals surface area contributed by atoms with Crippen molar-refractivity contribution in [3.05, 3.63) is 61.0 Å². The van der Waals surface area contributed by atoms with Gasteiger partial charge in [-0.15, -0.1) is 0 Å². The van der Waals surface area contributed by atoms with Crippen molar-refractivity contribution in [3.8, 4) is 0 Å². The number of halogens is 5. The van der Waals surface area contributed by atoms with Crippen LogP contribution in [0.5, 0.6) is 0 Å². The molecule has 20 heavy (non-hydrogen) atoms. The zero-order valence-corrected chi connectivity index (χ0v) is 13.5. The summed E-state index contributed by atoms with van der Waals surface area (Å²) >= 11 is 29.4. The van der Waals surface area contributed by atoms with E-state index in [4.69, 9.17) is 58.0 Å². The molecule has 0 saturated carbocycles. The van der Waals surface area contributed by atoms with E-state index in [0.29, 0.717) is 26.3 Å². The number of amides is 1. The molecule has 0 unspecified atom stereocenters. The van der Waals surface area contributed by atoms with Crippen LogP contribution in [-0.2, 0) is 0 Å². The van der Waals surface area contributed by atoms with Gasteiger partial charge in [0.2, 0.25) is 0 Å². The average molecular weight is 369 g/mol. The molecular formula is C13H6Cl5NO. The van der Waals surface area contributed by atoms with Gasteiger partial charge in [-0.2, -0.15) is 0 Å². The van der Waals surface area contributed by atoms with Crippen LogP contribution in [0.3, 0.4) is 0 Å². The van der Waals surface area contributed by atoms with Gasteiger partial charge in [0, 0.05) is 15.6 Å². The molecule has 0 aliphatic rings. The highest BCUT2D eigenvalue weighted by Crippen LogP contribution is 2.32. The predicted octanol–water partition coefficient (Wildman–Crippen LogP) is 6.21. The number of rotatable bonds is 2. The van der Waals surface area contributed by atoms with Gasteiger partial charge in [-0.05, 0) is 30.3 Å². The second-order valence-corrected chi connectivity index (χ2v) is 5.95. The molecule has 0 bridgehead atoms. The predicted molar refractivity (Wildman–Crippen MR) is 85.9 cm³/mol. The zero-order valence-electron chi connectivity index (χ0n) is 9.68. The van der Waals surface area contributed by atoms with Crippen LogP contribution in [0.1, 0.15) is 10.4 Å². The summed E-state index contributed by atoms with van der Waals surface area (Å²) in [7, 11) is 0. The molecule has 0 radical (unpaired) electrons. The molecule has 0 spiro atoms. The fraction of sp³-hybridized carbons (Fsp3) is 0. The monoisotopic (exact) mass is 367 g/mol. The molecule has 0 aliphatic carbocycles. The Hall–Kier alpha value is -0.640. The van der Waals surface area contributed by atoms with E-state index in [2.05, 4.69) is 5.32 Å². The first-order chi connectivity index (χ1) is 9.36. The summed E-state index contributed by atoms with van der Waals surface area (Å²) in [4.78, 5) is 12.1. The third-order valence-corrected chi connectivity index (χ3v) is 3.85. The fourth-order valence-electron chi connectivity index (χ4n) is 1.50. The molecule has 1 amide bonds. The van der Waals surface area contributed by atoms with Gasteiger partial charge in [-0.3, -0.25) is 4.79 Å². The van der Waals surface area contributed by atoms with Crippen LogP contribution in [0.25, 0.3) is 0 Å². The number of nitrogens with one attached hydrogen (secondary N) is 1. The summed E-state index contributed by atoms with van der Waals surface area (Å²) in [5.41, 5.74) is 0.659. The van der Waals surface area contributed by atoms with Crippen molar-refractivity contribution in [1.29, 1.82) is 0 Å². The molecule has 0 aliphatic heterocycles. The van der Waals surface area contributed by atoms with Gasteiger partial charge in [0.1, 0.15) is 0 Å². The van der Waals surface area contributed by atoms with Crippen LogP contribution < -0.4 is 5.32 Å². The van der Waals surface area contributed by atoms with E-state index in [1.807, 2.05) is 0 Å². The van der Waals surface area contributed by atoms with E-state index >= 15 is 0 Å². The lowest BCUT2D eigenvalue weighted by atomic mass is 10.2. The molecule has 104 valence electrons. The van der Waals surface area contributed by atoms with Gasteiger partial charge in [0.25, 0.3) is 5.91 Å². The minimum absolute atomic E-state index is 0.279. The number of hydrogen-bond donors (Lipinski definition) is 1. The lowest BCUT2D eigenvalue weighted by molar-refractivity contribution is 0.102. The standard InChI is InChI=1S/C13H6Cl5NO/c14-7-1-6(2-8(15)3-7)13(20)19-12-5-10(17)9(16)4-11(12)18/h1-5H,(H,19,20). The van der Waals surface area contributed by atoms with E-state index in [9.17, 15) is 4.79 Å². The van der Waals surface area contributed by atoms with Gasteiger partial charge in [0.15, 0.2) is 0 Å². The molecule has 2 rings (SSSR count). The summed E-state index contributed by atoms with van der Waals surface area (Å²) in [5.74, 6) is -0.408. The number of carbonyl (C=O) groups excluding carboxylic acids is 1. The summed E-state index contributed by atoms with van der Waals surface area (Å²) in [6.45, 7) is 0. The van der Waals surface area contributed by atoms with Crippen LogP contribution in [0.15, 0.2) is 30.3 Å². The molecule has 2 aromatic rings. The highest BCUT2D eigenvalue weighted by molar-refractivity contribution is 6.44. The van der Waals surface area contributed by atoms with Crippen LogP contribution in [0.4, 0.5) is 5.69 Å². The quantitative estimate of drug-likeness (QED) is 0.627. The van der Waals surface area contributed by atoms with Gasteiger partial charge in [-0.25, -0.2) is 0 Å². The largest absolute Gasteiger partial charge is 0.321 e. The average Bonchev–Trinajstić information content (AvgIpc) is 2.34. The minimum Gasteiger partial charge on any atom is -0.321 e. The van der Waals surface area contributed by atoms with Gasteiger partial charge < -0.3 is 5.32 Å². The molecule has 7 heteroatoms. The Morgan fingerprint density at radius 2 is 1.30 bits per heavy atom. The van der Waals surface area contributed by atoms with Crippen LogP contribution >= 0.6 is 58.0 Å². The topological polar surface area (TPSA) is 29.1 Å². The Morgan fingerprint density at radius 3 is 1.90 bits per heavy atom. The molecule has 0 fully saturated rings. The first-order valence-corrected chi connectivity index (χ1v) is 7.18. The Labute approximate surface area is 140 Å². The fourth-order valence-corrected chi connectivity index (χ4v) is 2.62. The second kappa shape index (κ2) is 6.42. The maximum Gasteiger partial charge on any atom is 0.255 e. The molecule has 0 atom stereocenters. The smallest absolute Gasteiger partial charge is 0.255 e. The SMILES string of the molecule is O=C(Nc1cc(Cl)c(Cl)cc1Cl)c1cc(Cl)cc(Cl)c1. The minimum atomic E-state index is -0.408. The number of benzene rings is 2. The van der Waals surface area contributed by atoms with Gasteiger partial charge in [-0.1, -0.05) is 58.0 Å². The molecular weight excluding hydrogens is 363 g/mol. The van der Waals surface area contributed by atoms with Crippen molar-refractivity contribution in [1.82, 2.24) is 0 Å². The Kier molecular flexibility index (Phi) is 5.05. The van der Waals surface area contributed by atoms with E-state index in [-0.39, 0.29) is 10.0 Å². The third-order valence-electron chi connectivity index (χ3n) is 2.38. The molecule has 2 aromatic carbocycles. The van der Waals surface area contributed by atoms with Crippen molar-refractivity contribution in [3.63, 3.8) is 0 Å². The first-order valence-electron chi connectivity index (χ1n) is 5.29. The molecule has 0 aromatic heterocycles. The molecule has 1 N–H and O–H groups in total. The number of carbonyl (C=O) groups is 1. The Morgan fingerprint density at radius 1 is 0.750 bits per heavy atom. The maximum absolute atomic E-state index is 12.1. The van der Waals surface area contributed by atoms with Crippen molar-refractivity contribution in [2.24, 2.45) is 0 Å². The molecule has 0 heterocycles. The maximum atomic E-state index is 12.1. The van der Waals surface area contributed by atoms with Crippen LogP contribution in [-0.4, -0.2) is 5.91 Å². The van der Waals surface area contributed by atoms with Gasteiger partial charge >= 0.3 is 0 Å². The summed E-state index contributed by atoms with van der Waals surface area (Å²) in [6.07, 6.45) is 0. The number of anilines is 1. The van der Waals surface area contributed by atoms with Gasteiger partial charge in [0.05, 0.1) is 20.8 Å². The highest BCUT2D eigenvalue weighted by Gasteiger charge is 2.12. The summed E-state index contributed by atoms with van der Waals surface area (Å²) < 4.78 is 0. The van der Waals surface area contributed by atoms with Crippen molar-refractivity contribution in [2.45, 2.75) is 0 Å². The normalized spacial score (nSPS) is 10.4. The Bertz CT molecular complexity index is 666. The van der Waals surface area contributed by atoms with Crippen LogP contribution in [0.2, 0.25) is 25.1 Å². The number of hydrogen-bond acceptors (Lipinski definition) is 1. The summed E-state index contributed by atoms with van der Waals surface area (Å²) in [6, 6.07) is 7.44. The van der Waals surface area contributed by atoms with Crippen molar-refractivity contribution < 1.29 is 4.79 Å². The van der Waals surface area contributed by atoms with E-state index in [1.54, 1.807) is 0 Å². The highest BCUT2D eigenvalue weighted by atomic mass is 35.5. The van der Waals surface area contributed by atoms with Crippen molar-refractivity contribution >= 4 is 69.6 Å². The van der Waals surface area contributed by atoms with E-state index < -0.39 is 5.91 Å². The lowest BCUT2D eigenvalue weighted by Crippen LogP contribution is -2.12. The third kappa shape index (κ3) is 3.72. The Balaban J connectivity index is 2.30. The molecule has 0 saturated heterocycles. The summed E-state index contributed by atoms with van der Waals surface area (Å²) in [5, 5.41) is 4.22. The lowest BCUT2D eigenvalue weighted by Gasteiger charge is -2.09. The van der Waals surface area contributed by atoms with E-state index in [1.165, 1.54) is 30.3 Å². The van der Waals surface area contributed by atoms with Crippen molar-refractivity contribution in [2.75, 3.05) is 5.32 Å². The van der Waals surface area contributed by atoms with Crippen LogP contribution in [0, 0.1) is 0 Å². The second-order valence-electron chi connectivity index (χ2n) is 3.86. The molecule has 2 nitrogen and oxygen atoms in total.